The van der Waals surface area contributed by atoms with Gasteiger partial charge in [-0.15, -0.1) is 11.3 Å². The van der Waals surface area contributed by atoms with Crippen molar-refractivity contribution in [2.75, 3.05) is 17.5 Å². The molecular formula is C19H16FNO4S2. The van der Waals surface area contributed by atoms with Crippen molar-refractivity contribution in [2.45, 2.75) is 11.4 Å². The number of halogens is 1. The number of sulfonamides is 1. The van der Waals surface area contributed by atoms with Crippen LogP contribution in [0.15, 0.2) is 64.9 Å². The summed E-state index contributed by atoms with van der Waals surface area (Å²) >= 11 is 1.43. The van der Waals surface area contributed by atoms with Gasteiger partial charge in [0.25, 0.3) is 10.0 Å². The monoisotopic (exact) mass is 405 g/mol. The summed E-state index contributed by atoms with van der Waals surface area (Å²) in [7, 11) is -4.12. The van der Waals surface area contributed by atoms with E-state index in [2.05, 4.69) is 0 Å². The van der Waals surface area contributed by atoms with E-state index in [9.17, 15) is 12.8 Å². The van der Waals surface area contributed by atoms with Gasteiger partial charge in [0.05, 0.1) is 12.2 Å². The van der Waals surface area contributed by atoms with Crippen molar-refractivity contribution in [3.8, 4) is 11.5 Å². The zero-order valence-electron chi connectivity index (χ0n) is 14.2. The topological polar surface area (TPSA) is 55.8 Å². The van der Waals surface area contributed by atoms with Gasteiger partial charge in [-0.1, -0.05) is 18.2 Å². The van der Waals surface area contributed by atoms with Gasteiger partial charge in [-0.05, 0) is 35.7 Å². The van der Waals surface area contributed by atoms with Crippen LogP contribution >= 0.6 is 11.3 Å². The SMILES string of the molecule is O=S(=O)(c1ccccc1F)N(Cc1cccs1)c1ccc2c(c1)OCCO2. The largest absolute Gasteiger partial charge is 0.486 e. The summed E-state index contributed by atoms with van der Waals surface area (Å²) in [5.41, 5.74) is 0.385. The second-order valence-corrected chi connectivity index (χ2v) is 8.71. The number of hydrogen-bond acceptors (Lipinski definition) is 5. The second-order valence-electron chi connectivity index (χ2n) is 5.85. The van der Waals surface area contributed by atoms with E-state index in [4.69, 9.17) is 9.47 Å². The third kappa shape index (κ3) is 3.50. The first-order valence-corrected chi connectivity index (χ1v) is 10.6. The summed E-state index contributed by atoms with van der Waals surface area (Å²) in [5.74, 6) is 0.245. The number of ether oxygens (including phenoxy) is 2. The summed E-state index contributed by atoms with van der Waals surface area (Å²) in [4.78, 5) is 0.473. The Bertz CT molecular complexity index is 1050. The Labute approximate surface area is 160 Å². The maximum Gasteiger partial charge on any atom is 0.267 e. The van der Waals surface area contributed by atoms with E-state index in [1.807, 2.05) is 17.5 Å². The van der Waals surface area contributed by atoms with Crippen LogP contribution in [0.2, 0.25) is 0 Å². The minimum Gasteiger partial charge on any atom is -0.486 e. The van der Waals surface area contributed by atoms with Crippen molar-refractivity contribution in [3.63, 3.8) is 0 Å². The van der Waals surface area contributed by atoms with Crippen molar-refractivity contribution < 1.29 is 22.3 Å². The van der Waals surface area contributed by atoms with Crippen LogP contribution in [0, 0.1) is 5.82 Å². The van der Waals surface area contributed by atoms with Crippen molar-refractivity contribution >= 4 is 27.0 Å². The molecule has 4 rings (SSSR count). The van der Waals surface area contributed by atoms with E-state index < -0.39 is 15.8 Å². The van der Waals surface area contributed by atoms with Gasteiger partial charge < -0.3 is 9.47 Å². The summed E-state index contributed by atoms with van der Waals surface area (Å²) in [5, 5.41) is 1.87. The summed E-state index contributed by atoms with van der Waals surface area (Å²) in [6, 6.07) is 14.0. The molecule has 0 bridgehead atoms. The fourth-order valence-corrected chi connectivity index (χ4v) is 5.10. The highest BCUT2D eigenvalue weighted by atomic mass is 32.2. The van der Waals surface area contributed by atoms with Crippen molar-refractivity contribution in [1.82, 2.24) is 0 Å². The highest BCUT2D eigenvalue weighted by Crippen LogP contribution is 2.37. The minimum atomic E-state index is -4.12. The molecule has 8 heteroatoms. The van der Waals surface area contributed by atoms with Crippen LogP contribution in [0.1, 0.15) is 4.88 Å². The van der Waals surface area contributed by atoms with Gasteiger partial charge in [-0.2, -0.15) is 0 Å². The number of anilines is 1. The molecule has 0 saturated heterocycles. The molecule has 0 fully saturated rings. The predicted molar refractivity (Wildman–Crippen MR) is 102 cm³/mol. The molecule has 0 N–H and O–H groups in total. The lowest BCUT2D eigenvalue weighted by Gasteiger charge is -2.26. The molecular weight excluding hydrogens is 389 g/mol. The number of fused-ring (bicyclic) bond motifs is 1. The van der Waals surface area contributed by atoms with Gasteiger partial charge in [0, 0.05) is 10.9 Å². The smallest absolute Gasteiger partial charge is 0.267 e. The molecule has 1 aliphatic heterocycles. The van der Waals surface area contributed by atoms with Crippen molar-refractivity contribution in [3.05, 3.63) is 70.7 Å². The fraction of sp³-hybridized carbons (Fsp3) is 0.158. The second kappa shape index (κ2) is 7.21. The van der Waals surface area contributed by atoms with Crippen molar-refractivity contribution in [1.29, 1.82) is 0 Å². The Morgan fingerprint density at radius 1 is 1.00 bits per heavy atom. The fourth-order valence-electron chi connectivity index (χ4n) is 2.82. The summed E-state index contributed by atoms with van der Waals surface area (Å²) in [6.07, 6.45) is 0. The third-order valence-corrected chi connectivity index (χ3v) is 6.77. The molecule has 0 saturated carbocycles. The van der Waals surface area contributed by atoms with Crippen molar-refractivity contribution in [2.24, 2.45) is 0 Å². The van der Waals surface area contributed by atoms with E-state index in [1.165, 1.54) is 33.8 Å². The normalized spacial score (nSPS) is 13.4. The Morgan fingerprint density at radius 2 is 1.78 bits per heavy atom. The average molecular weight is 405 g/mol. The first-order chi connectivity index (χ1) is 13.1. The van der Waals surface area contributed by atoms with E-state index in [-0.39, 0.29) is 11.4 Å². The van der Waals surface area contributed by atoms with E-state index in [0.29, 0.717) is 30.4 Å². The lowest BCUT2D eigenvalue weighted by molar-refractivity contribution is 0.171. The van der Waals surface area contributed by atoms with Gasteiger partial charge in [-0.25, -0.2) is 12.8 Å². The molecule has 1 aromatic heterocycles. The maximum atomic E-state index is 14.3. The molecule has 140 valence electrons. The van der Waals surface area contributed by atoms with E-state index in [1.54, 1.807) is 18.2 Å². The molecule has 0 amide bonds. The highest BCUT2D eigenvalue weighted by molar-refractivity contribution is 7.92. The van der Waals surface area contributed by atoms with Gasteiger partial charge in [0.2, 0.25) is 0 Å². The van der Waals surface area contributed by atoms with Crippen LogP contribution in [0.3, 0.4) is 0 Å². The summed E-state index contributed by atoms with van der Waals surface area (Å²) < 4.78 is 53.1. The molecule has 27 heavy (non-hydrogen) atoms. The van der Waals surface area contributed by atoms with E-state index >= 15 is 0 Å². The maximum absolute atomic E-state index is 14.3. The minimum absolute atomic E-state index is 0.0912. The number of benzene rings is 2. The standard InChI is InChI=1S/C19H16FNO4S2/c20-16-5-1-2-6-19(16)27(22,23)21(13-15-4-3-11-26-15)14-7-8-17-18(12-14)25-10-9-24-17/h1-8,11-12H,9-10,13H2. The molecule has 0 spiro atoms. The third-order valence-electron chi connectivity index (χ3n) is 4.10. The highest BCUT2D eigenvalue weighted by Gasteiger charge is 2.29. The number of hydrogen-bond donors (Lipinski definition) is 0. The Balaban J connectivity index is 1.81. The number of thiophene rings is 1. The molecule has 3 aromatic rings. The van der Waals surface area contributed by atoms with Gasteiger partial charge in [0.1, 0.15) is 23.9 Å². The molecule has 1 aliphatic rings. The number of nitrogens with zero attached hydrogens (tertiary/aromatic N) is 1. The molecule has 5 nitrogen and oxygen atoms in total. The predicted octanol–water partition coefficient (Wildman–Crippen LogP) is 4.05. The Kier molecular flexibility index (Phi) is 4.75. The molecule has 0 unspecified atom stereocenters. The zero-order chi connectivity index (χ0) is 18.9. The van der Waals surface area contributed by atoms with Crippen LogP contribution in [0.4, 0.5) is 10.1 Å². The van der Waals surface area contributed by atoms with Crippen LogP contribution in [-0.4, -0.2) is 21.6 Å². The van der Waals surface area contributed by atoms with Crippen LogP contribution in [0.25, 0.3) is 0 Å². The van der Waals surface area contributed by atoms with Crippen LogP contribution in [-0.2, 0) is 16.6 Å². The lowest BCUT2D eigenvalue weighted by atomic mass is 10.2. The molecule has 2 aromatic carbocycles. The molecule has 0 radical (unpaired) electrons. The average Bonchev–Trinajstić information content (AvgIpc) is 3.19. The molecule has 0 atom stereocenters. The Morgan fingerprint density at radius 3 is 2.52 bits per heavy atom. The molecule has 0 aliphatic carbocycles. The quantitative estimate of drug-likeness (QED) is 0.643. The van der Waals surface area contributed by atoms with Gasteiger partial charge in [-0.3, -0.25) is 4.31 Å². The first kappa shape index (κ1) is 17.8. The number of rotatable bonds is 5. The van der Waals surface area contributed by atoms with Gasteiger partial charge in [0.15, 0.2) is 11.5 Å². The lowest BCUT2D eigenvalue weighted by Crippen LogP contribution is -2.31. The van der Waals surface area contributed by atoms with Gasteiger partial charge >= 0.3 is 0 Å². The van der Waals surface area contributed by atoms with Crippen LogP contribution < -0.4 is 13.8 Å². The summed E-state index contributed by atoms with van der Waals surface area (Å²) in [6.45, 7) is 0.925. The van der Waals surface area contributed by atoms with E-state index in [0.717, 1.165) is 10.9 Å². The molecule has 2 heterocycles. The zero-order valence-corrected chi connectivity index (χ0v) is 15.8. The Hall–Kier alpha value is -2.58. The first-order valence-electron chi connectivity index (χ1n) is 8.25. The van der Waals surface area contributed by atoms with Crippen LogP contribution in [0.5, 0.6) is 11.5 Å².